The van der Waals surface area contributed by atoms with E-state index < -0.39 is 0 Å². The summed E-state index contributed by atoms with van der Waals surface area (Å²) in [4.78, 5) is 17.0. The fraction of sp³-hybridized carbons (Fsp3) is 0.562. The Kier molecular flexibility index (Phi) is 6.26. The van der Waals surface area contributed by atoms with Crippen molar-refractivity contribution in [2.24, 2.45) is 0 Å². The minimum atomic E-state index is 0.0355. The smallest absolute Gasteiger partial charge is 0.254 e. The average Bonchev–Trinajstić information content (AvgIpc) is 2.44. The Morgan fingerprint density at radius 1 is 1.32 bits per heavy atom. The Hall–Kier alpha value is -0.620. The van der Waals surface area contributed by atoms with Gasteiger partial charge in [-0.15, -0.1) is 0 Å². The Morgan fingerprint density at radius 2 is 1.95 bits per heavy atom. The molecule has 0 N–H and O–H groups in total. The predicted octanol–water partition coefficient (Wildman–Crippen LogP) is 3.28. The molecule has 0 aromatic heterocycles. The van der Waals surface area contributed by atoms with E-state index in [1.165, 1.54) is 0 Å². The largest absolute Gasteiger partial charge is 0.383 e. The summed E-state index contributed by atoms with van der Waals surface area (Å²) >= 11 is 9.44. The van der Waals surface area contributed by atoms with Crippen molar-refractivity contribution < 1.29 is 9.53 Å². The number of rotatable bonds is 4. The molecule has 1 aliphatic heterocycles. The number of benzene rings is 1. The van der Waals surface area contributed by atoms with Crippen molar-refractivity contribution in [2.45, 2.75) is 25.9 Å². The lowest BCUT2D eigenvalue weighted by molar-refractivity contribution is 0.0193. The van der Waals surface area contributed by atoms with Gasteiger partial charge in [-0.2, -0.15) is 0 Å². The zero-order valence-corrected chi connectivity index (χ0v) is 15.5. The molecule has 0 radical (unpaired) electrons. The van der Waals surface area contributed by atoms with E-state index in [1.807, 2.05) is 11.0 Å². The lowest BCUT2D eigenvalue weighted by atomic mass is 10.1. The molecular formula is C16H22BrClN2O2. The third-order valence-electron chi connectivity index (χ3n) is 4.05. The number of hydrogen-bond donors (Lipinski definition) is 0. The number of carbonyl (C=O) groups excluding carboxylic acids is 1. The first kappa shape index (κ1) is 17.7. The van der Waals surface area contributed by atoms with Crippen LogP contribution in [0.1, 0.15) is 24.2 Å². The van der Waals surface area contributed by atoms with Gasteiger partial charge in [0.25, 0.3) is 5.91 Å². The number of amides is 1. The van der Waals surface area contributed by atoms with Gasteiger partial charge in [0.2, 0.25) is 0 Å². The van der Waals surface area contributed by atoms with Gasteiger partial charge in [-0.25, -0.2) is 0 Å². The number of methoxy groups -OCH3 is 1. The molecule has 0 bridgehead atoms. The highest BCUT2D eigenvalue weighted by Gasteiger charge is 2.31. The summed E-state index contributed by atoms with van der Waals surface area (Å²) in [5.41, 5.74) is 0.629. The summed E-state index contributed by atoms with van der Waals surface area (Å²) in [7, 11) is 1.71. The molecule has 1 aromatic rings. The average molecular weight is 390 g/mol. The highest BCUT2D eigenvalue weighted by Crippen LogP contribution is 2.23. The second kappa shape index (κ2) is 7.77. The van der Waals surface area contributed by atoms with E-state index >= 15 is 0 Å². The van der Waals surface area contributed by atoms with E-state index in [2.05, 4.69) is 34.7 Å². The Balaban J connectivity index is 2.09. The highest BCUT2D eigenvalue weighted by molar-refractivity contribution is 9.10. The minimum Gasteiger partial charge on any atom is -0.383 e. The molecule has 0 aliphatic carbocycles. The van der Waals surface area contributed by atoms with Crippen LogP contribution in [0.5, 0.6) is 0 Å². The Labute approximate surface area is 145 Å². The number of ether oxygens (including phenoxy) is 1. The molecule has 1 aromatic carbocycles. The quantitative estimate of drug-likeness (QED) is 0.792. The molecule has 1 heterocycles. The van der Waals surface area contributed by atoms with Crippen molar-refractivity contribution in [1.82, 2.24) is 9.80 Å². The van der Waals surface area contributed by atoms with Gasteiger partial charge in [-0.1, -0.05) is 27.5 Å². The number of halogens is 2. The number of hydrogen-bond acceptors (Lipinski definition) is 3. The van der Waals surface area contributed by atoms with E-state index in [9.17, 15) is 4.79 Å². The van der Waals surface area contributed by atoms with Crippen molar-refractivity contribution in [3.63, 3.8) is 0 Å². The summed E-state index contributed by atoms with van der Waals surface area (Å²) < 4.78 is 5.99. The summed E-state index contributed by atoms with van der Waals surface area (Å²) in [5, 5.41) is 0.567. The zero-order chi connectivity index (χ0) is 16.3. The summed E-state index contributed by atoms with van der Waals surface area (Å²) in [5.74, 6) is 0.0355. The molecule has 0 spiro atoms. The van der Waals surface area contributed by atoms with E-state index in [1.54, 1.807) is 19.2 Å². The van der Waals surface area contributed by atoms with Crippen molar-refractivity contribution >= 4 is 33.4 Å². The topological polar surface area (TPSA) is 32.8 Å². The van der Waals surface area contributed by atoms with Crippen molar-refractivity contribution in [3.05, 3.63) is 33.3 Å². The van der Waals surface area contributed by atoms with Gasteiger partial charge in [0.1, 0.15) is 0 Å². The first-order valence-corrected chi connectivity index (χ1v) is 8.59. The predicted molar refractivity (Wildman–Crippen MR) is 92.6 cm³/mol. The molecule has 1 fully saturated rings. The van der Waals surface area contributed by atoms with E-state index in [-0.39, 0.29) is 5.91 Å². The van der Waals surface area contributed by atoms with Gasteiger partial charge in [0.15, 0.2) is 0 Å². The summed E-state index contributed by atoms with van der Waals surface area (Å²) in [6.45, 7) is 7.35. The van der Waals surface area contributed by atoms with Gasteiger partial charge in [-0.3, -0.25) is 9.69 Å². The standard InChI is InChI=1S/C16H22BrClN2O2/c1-11-9-19(10-12(2)20(11)4-5-22-3)16(21)13-6-14(17)8-15(18)7-13/h6-8,11-12H,4-5,9-10H2,1-3H3. The van der Waals surface area contributed by atoms with Crippen LogP contribution in [0.25, 0.3) is 0 Å². The van der Waals surface area contributed by atoms with E-state index in [0.717, 1.165) is 24.1 Å². The van der Waals surface area contributed by atoms with Crippen molar-refractivity contribution in [2.75, 3.05) is 33.4 Å². The van der Waals surface area contributed by atoms with Crippen LogP contribution in [0, 0.1) is 0 Å². The zero-order valence-electron chi connectivity index (χ0n) is 13.2. The number of nitrogens with zero attached hydrogens (tertiary/aromatic N) is 2. The SMILES string of the molecule is COCCN1C(C)CN(C(=O)c2cc(Cl)cc(Br)c2)CC1C. The third-order valence-corrected chi connectivity index (χ3v) is 4.73. The van der Waals surface area contributed by atoms with Gasteiger partial charge < -0.3 is 9.64 Å². The second-order valence-electron chi connectivity index (χ2n) is 5.80. The number of piperazine rings is 1. The summed E-state index contributed by atoms with van der Waals surface area (Å²) in [6.07, 6.45) is 0. The van der Waals surface area contributed by atoms with Crippen LogP contribution in [0.4, 0.5) is 0 Å². The van der Waals surface area contributed by atoms with Gasteiger partial charge >= 0.3 is 0 Å². The van der Waals surface area contributed by atoms with Crippen LogP contribution < -0.4 is 0 Å². The molecule has 1 amide bonds. The van der Waals surface area contributed by atoms with Gasteiger partial charge in [0, 0.05) is 53.9 Å². The van der Waals surface area contributed by atoms with Crippen LogP contribution in [0.2, 0.25) is 5.02 Å². The molecule has 1 aliphatic rings. The lowest BCUT2D eigenvalue weighted by Gasteiger charge is -2.44. The third kappa shape index (κ3) is 4.22. The Bertz CT molecular complexity index is 509. The van der Waals surface area contributed by atoms with Crippen LogP contribution in [-0.4, -0.2) is 61.1 Å². The van der Waals surface area contributed by atoms with Crippen LogP contribution in [-0.2, 0) is 4.74 Å². The van der Waals surface area contributed by atoms with E-state index in [4.69, 9.17) is 16.3 Å². The monoisotopic (exact) mass is 388 g/mol. The van der Waals surface area contributed by atoms with Crippen LogP contribution in [0.3, 0.4) is 0 Å². The fourth-order valence-electron chi connectivity index (χ4n) is 3.02. The first-order chi connectivity index (χ1) is 10.4. The molecule has 2 rings (SSSR count). The van der Waals surface area contributed by atoms with Crippen LogP contribution in [0.15, 0.2) is 22.7 Å². The molecule has 1 saturated heterocycles. The molecule has 6 heteroatoms. The molecule has 4 nitrogen and oxygen atoms in total. The van der Waals surface area contributed by atoms with Crippen molar-refractivity contribution in [3.8, 4) is 0 Å². The van der Waals surface area contributed by atoms with Crippen molar-refractivity contribution in [1.29, 1.82) is 0 Å². The molecular weight excluding hydrogens is 368 g/mol. The molecule has 22 heavy (non-hydrogen) atoms. The maximum Gasteiger partial charge on any atom is 0.254 e. The minimum absolute atomic E-state index is 0.0355. The van der Waals surface area contributed by atoms with E-state index in [0.29, 0.717) is 29.3 Å². The molecule has 2 unspecified atom stereocenters. The van der Waals surface area contributed by atoms with Gasteiger partial charge in [-0.05, 0) is 32.0 Å². The second-order valence-corrected chi connectivity index (χ2v) is 7.15. The van der Waals surface area contributed by atoms with Crippen LogP contribution >= 0.6 is 27.5 Å². The summed E-state index contributed by atoms with van der Waals surface area (Å²) in [6, 6.07) is 5.95. The van der Waals surface area contributed by atoms with Gasteiger partial charge in [0.05, 0.1) is 6.61 Å². The molecule has 2 atom stereocenters. The molecule has 122 valence electrons. The molecule has 0 saturated carbocycles. The normalized spacial score (nSPS) is 22.9. The Morgan fingerprint density at radius 3 is 2.50 bits per heavy atom. The maximum atomic E-state index is 12.7. The lowest BCUT2D eigenvalue weighted by Crippen LogP contribution is -2.58. The number of carbonyl (C=O) groups is 1. The fourth-order valence-corrected chi connectivity index (χ4v) is 3.88. The maximum absolute atomic E-state index is 12.7. The highest BCUT2D eigenvalue weighted by atomic mass is 79.9. The first-order valence-electron chi connectivity index (χ1n) is 7.42.